The van der Waals surface area contributed by atoms with Gasteiger partial charge < -0.3 is 24.4 Å². The van der Waals surface area contributed by atoms with Crippen molar-refractivity contribution >= 4 is 17.8 Å². The lowest BCUT2D eigenvalue weighted by atomic mass is 9.73. The molecule has 0 bridgehead atoms. The zero-order valence-electron chi connectivity index (χ0n) is 20.7. The van der Waals surface area contributed by atoms with Crippen LogP contribution in [0.4, 0.5) is 0 Å². The topological polar surface area (TPSA) is 96.4 Å². The first-order chi connectivity index (χ1) is 17.0. The summed E-state index contributed by atoms with van der Waals surface area (Å²) in [7, 11) is 0. The number of rotatable bonds is 5. The maximum atomic E-state index is 14.3. The maximum absolute atomic E-state index is 14.3. The monoisotopic (exact) mass is 486 g/mol. The molecule has 35 heavy (non-hydrogen) atoms. The molecule has 4 heterocycles. The van der Waals surface area contributed by atoms with Crippen molar-refractivity contribution in [2.24, 2.45) is 11.8 Å². The Balaban J connectivity index is 1.61. The minimum absolute atomic E-state index is 0.0848. The van der Waals surface area contributed by atoms with Crippen LogP contribution < -0.4 is 0 Å². The molecule has 8 heteroatoms. The molecule has 1 N–H and O–H groups in total. The first kappa shape index (κ1) is 24.5. The fraction of sp³-hybridized carbons (Fsp3) is 0.741. The van der Waals surface area contributed by atoms with Gasteiger partial charge >= 0.3 is 5.97 Å². The summed E-state index contributed by atoms with van der Waals surface area (Å²) < 4.78 is 12.5. The van der Waals surface area contributed by atoms with Gasteiger partial charge in [0.2, 0.25) is 11.8 Å². The summed E-state index contributed by atoms with van der Waals surface area (Å²) in [5.74, 6) is -2.45. The van der Waals surface area contributed by atoms with Crippen LogP contribution >= 0.6 is 0 Å². The smallest absolute Gasteiger partial charge is 0.313 e. The van der Waals surface area contributed by atoms with E-state index in [-0.39, 0.29) is 31.0 Å². The van der Waals surface area contributed by atoms with Crippen molar-refractivity contribution in [3.63, 3.8) is 0 Å². The Hall–Kier alpha value is -2.19. The molecule has 2 saturated heterocycles. The fourth-order valence-electron chi connectivity index (χ4n) is 7.09. The van der Waals surface area contributed by atoms with Gasteiger partial charge in [-0.3, -0.25) is 14.4 Å². The quantitative estimate of drug-likeness (QED) is 0.473. The third-order valence-corrected chi connectivity index (χ3v) is 8.74. The van der Waals surface area contributed by atoms with Crippen molar-refractivity contribution in [3.05, 3.63) is 24.3 Å². The summed E-state index contributed by atoms with van der Waals surface area (Å²) in [5, 5.41) is 9.53. The van der Waals surface area contributed by atoms with Crippen molar-refractivity contribution in [2.45, 2.75) is 88.0 Å². The minimum Gasteiger partial charge on any atom is -0.465 e. The molecule has 8 nitrogen and oxygen atoms in total. The van der Waals surface area contributed by atoms with Gasteiger partial charge in [-0.2, -0.15) is 0 Å². The van der Waals surface area contributed by atoms with Crippen molar-refractivity contribution in [2.75, 3.05) is 26.3 Å². The number of nitrogens with zero attached hydrogens (tertiary/aromatic N) is 2. The molecular formula is C27H38N2O6. The molecule has 5 aliphatic rings. The third-order valence-electron chi connectivity index (χ3n) is 8.74. The van der Waals surface area contributed by atoms with Crippen LogP contribution in [0, 0.1) is 11.8 Å². The fourth-order valence-corrected chi connectivity index (χ4v) is 7.09. The van der Waals surface area contributed by atoms with Gasteiger partial charge in [0.1, 0.15) is 23.2 Å². The van der Waals surface area contributed by atoms with Crippen LogP contribution in [-0.4, -0.2) is 82.3 Å². The highest BCUT2D eigenvalue weighted by Crippen LogP contribution is 2.58. The number of aliphatic hydroxyl groups excluding tert-OH is 1. The molecule has 1 saturated carbocycles. The molecule has 0 aromatic rings. The number of cyclic esters (lactones) is 1. The van der Waals surface area contributed by atoms with E-state index >= 15 is 0 Å². The highest BCUT2D eigenvalue weighted by molar-refractivity contribution is 5.99. The number of fused-ring (bicyclic) bond motifs is 2. The van der Waals surface area contributed by atoms with Crippen molar-refractivity contribution in [1.29, 1.82) is 0 Å². The Morgan fingerprint density at radius 2 is 1.83 bits per heavy atom. The molecule has 5 rings (SSSR count). The molecule has 192 valence electrons. The van der Waals surface area contributed by atoms with Gasteiger partial charge in [0.25, 0.3) is 0 Å². The van der Waals surface area contributed by atoms with E-state index in [1.807, 2.05) is 36.1 Å². The normalized spacial score (nSPS) is 38.7. The van der Waals surface area contributed by atoms with Crippen LogP contribution in [-0.2, 0) is 23.9 Å². The van der Waals surface area contributed by atoms with Gasteiger partial charge in [-0.05, 0) is 38.5 Å². The average molecular weight is 487 g/mol. The molecule has 0 aromatic carbocycles. The molecule has 0 aromatic heterocycles. The van der Waals surface area contributed by atoms with E-state index < -0.39 is 35.0 Å². The van der Waals surface area contributed by atoms with Gasteiger partial charge in [0.15, 0.2) is 0 Å². The van der Waals surface area contributed by atoms with E-state index in [0.717, 1.165) is 38.5 Å². The molecule has 1 aliphatic carbocycles. The molecule has 3 fully saturated rings. The summed E-state index contributed by atoms with van der Waals surface area (Å²) in [5.41, 5.74) is -2.25. The lowest BCUT2D eigenvalue weighted by molar-refractivity contribution is -0.161. The SMILES string of the molecule is CC[C@@]12/C=C\CCCOC(=O)[C@@H]1[C@H]1C(=O)N(CCCO)C3C(=O)N(C4CCCCC4)CC=C[C@@]31O2. The van der Waals surface area contributed by atoms with E-state index in [2.05, 4.69) is 0 Å². The zero-order chi connectivity index (χ0) is 24.6. The standard InChI is InChI=1S/C27H38N2O6/c1-2-26-13-7-4-8-18-34-25(33)21(26)20-23(31)29(16-10-17-30)22-24(32)28(19-11-5-3-6-12-19)15-9-14-27(20,22)35-26/h7,9,13-14,19-22,30H,2-6,8,10-12,15-18H2,1H3/b13-7-/t20-,21-,22?,26+,27-/m0/s1. The number of allylic oxidation sites excluding steroid dienone is 1. The van der Waals surface area contributed by atoms with Crippen LogP contribution in [0.15, 0.2) is 24.3 Å². The van der Waals surface area contributed by atoms with E-state index in [1.54, 1.807) is 4.90 Å². The van der Waals surface area contributed by atoms with Gasteiger partial charge in [-0.1, -0.05) is 50.5 Å². The van der Waals surface area contributed by atoms with Gasteiger partial charge in [0, 0.05) is 25.7 Å². The summed E-state index contributed by atoms with van der Waals surface area (Å²) in [6, 6.07) is -0.708. The molecule has 5 atom stereocenters. The summed E-state index contributed by atoms with van der Waals surface area (Å²) in [4.78, 5) is 45.3. The van der Waals surface area contributed by atoms with Crippen molar-refractivity contribution in [1.82, 2.24) is 9.80 Å². The number of carbonyl (C=O) groups excluding carboxylic acids is 3. The van der Waals surface area contributed by atoms with Crippen molar-refractivity contribution < 1.29 is 29.0 Å². The average Bonchev–Trinajstić information content (AvgIpc) is 3.24. The Bertz CT molecular complexity index is 911. The number of hydrogen-bond donors (Lipinski definition) is 1. The lowest BCUT2D eigenvalue weighted by Crippen LogP contribution is -2.58. The first-order valence-corrected chi connectivity index (χ1v) is 13.4. The molecule has 4 aliphatic heterocycles. The van der Waals surface area contributed by atoms with Crippen LogP contribution in [0.2, 0.25) is 0 Å². The Kier molecular flexibility index (Phi) is 6.79. The van der Waals surface area contributed by atoms with Crippen LogP contribution in [0.3, 0.4) is 0 Å². The van der Waals surface area contributed by atoms with Crippen LogP contribution in [0.1, 0.15) is 64.7 Å². The number of esters is 1. The molecular weight excluding hydrogens is 448 g/mol. The third kappa shape index (κ3) is 3.84. The predicted molar refractivity (Wildman–Crippen MR) is 128 cm³/mol. The molecule has 2 amide bonds. The predicted octanol–water partition coefficient (Wildman–Crippen LogP) is 2.35. The van der Waals surface area contributed by atoms with Crippen LogP contribution in [0.5, 0.6) is 0 Å². The number of amides is 2. The van der Waals surface area contributed by atoms with E-state index in [0.29, 0.717) is 26.0 Å². The lowest BCUT2D eigenvalue weighted by Gasteiger charge is -2.40. The Morgan fingerprint density at radius 1 is 1.03 bits per heavy atom. The first-order valence-electron chi connectivity index (χ1n) is 13.4. The number of carbonyl (C=O) groups is 3. The highest BCUT2D eigenvalue weighted by Gasteiger charge is 2.75. The maximum Gasteiger partial charge on any atom is 0.313 e. The Morgan fingerprint density at radius 3 is 2.57 bits per heavy atom. The summed E-state index contributed by atoms with van der Waals surface area (Å²) in [6.45, 7) is 2.90. The Labute approximate surface area is 207 Å². The summed E-state index contributed by atoms with van der Waals surface area (Å²) in [6.07, 6.45) is 15.5. The van der Waals surface area contributed by atoms with E-state index in [1.165, 1.54) is 6.42 Å². The second kappa shape index (κ2) is 9.69. The van der Waals surface area contributed by atoms with Crippen LogP contribution in [0.25, 0.3) is 0 Å². The molecule has 1 spiro atoms. The second-order valence-electron chi connectivity index (χ2n) is 10.6. The van der Waals surface area contributed by atoms with Gasteiger partial charge in [0.05, 0.1) is 12.5 Å². The largest absolute Gasteiger partial charge is 0.465 e. The van der Waals surface area contributed by atoms with Gasteiger partial charge in [-0.25, -0.2) is 0 Å². The molecule has 1 unspecified atom stereocenters. The number of likely N-dealkylation sites (tertiary alicyclic amines) is 1. The molecule has 0 radical (unpaired) electrons. The minimum atomic E-state index is -1.24. The summed E-state index contributed by atoms with van der Waals surface area (Å²) >= 11 is 0. The zero-order valence-corrected chi connectivity index (χ0v) is 20.7. The number of hydrogen-bond acceptors (Lipinski definition) is 6. The second-order valence-corrected chi connectivity index (χ2v) is 10.6. The van der Waals surface area contributed by atoms with Gasteiger partial charge in [-0.15, -0.1) is 0 Å². The van der Waals surface area contributed by atoms with E-state index in [4.69, 9.17) is 9.47 Å². The number of ether oxygens (including phenoxy) is 2. The van der Waals surface area contributed by atoms with Crippen molar-refractivity contribution in [3.8, 4) is 0 Å². The van der Waals surface area contributed by atoms with E-state index in [9.17, 15) is 19.5 Å². The number of aliphatic hydroxyl groups is 1. The highest BCUT2D eigenvalue weighted by atomic mass is 16.6.